The molecule has 0 saturated heterocycles. The summed E-state index contributed by atoms with van der Waals surface area (Å²) in [5.41, 5.74) is 2.66. The zero-order valence-corrected chi connectivity index (χ0v) is 15.0. The number of aryl methyl sites for hydroxylation is 4. The van der Waals surface area contributed by atoms with E-state index in [4.69, 9.17) is 0 Å². The van der Waals surface area contributed by atoms with Crippen LogP contribution in [0.1, 0.15) is 21.8 Å². The highest BCUT2D eigenvalue weighted by atomic mass is 32.1. The number of nitrogens with zero attached hydrogens (tertiary/aromatic N) is 2. The maximum absolute atomic E-state index is 12.6. The van der Waals surface area contributed by atoms with Gasteiger partial charge in [-0.05, 0) is 51.0 Å². The first-order chi connectivity index (χ1) is 11.3. The van der Waals surface area contributed by atoms with Gasteiger partial charge in [0.2, 0.25) is 5.91 Å². The minimum Gasteiger partial charge on any atom is -0.324 e. The summed E-state index contributed by atoms with van der Waals surface area (Å²) >= 11 is 1.49. The first-order valence-electron chi connectivity index (χ1n) is 7.70. The average Bonchev–Trinajstić information content (AvgIpc) is 2.88. The van der Waals surface area contributed by atoms with Gasteiger partial charge < -0.3 is 5.32 Å². The molecule has 0 bridgehead atoms. The maximum Gasteiger partial charge on any atom is 0.262 e. The molecule has 5 nitrogen and oxygen atoms in total. The Morgan fingerprint density at radius 2 is 1.96 bits per heavy atom. The van der Waals surface area contributed by atoms with E-state index >= 15 is 0 Å². The third-order valence-electron chi connectivity index (χ3n) is 3.93. The number of hydrogen-bond donors (Lipinski definition) is 1. The largest absolute Gasteiger partial charge is 0.324 e. The van der Waals surface area contributed by atoms with E-state index in [1.165, 1.54) is 15.9 Å². The van der Waals surface area contributed by atoms with E-state index in [-0.39, 0.29) is 18.0 Å². The lowest BCUT2D eigenvalue weighted by Crippen LogP contribution is -2.30. The fourth-order valence-electron chi connectivity index (χ4n) is 2.63. The Morgan fingerprint density at radius 3 is 2.71 bits per heavy atom. The van der Waals surface area contributed by atoms with Gasteiger partial charge in [-0.3, -0.25) is 14.2 Å². The topological polar surface area (TPSA) is 64.0 Å². The molecule has 0 atom stereocenters. The van der Waals surface area contributed by atoms with Crippen molar-refractivity contribution >= 4 is 33.1 Å². The van der Waals surface area contributed by atoms with Crippen molar-refractivity contribution in [3.05, 3.63) is 56.4 Å². The molecule has 0 spiro atoms. The summed E-state index contributed by atoms with van der Waals surface area (Å²) in [6, 6.07) is 7.71. The van der Waals surface area contributed by atoms with Gasteiger partial charge in [-0.25, -0.2) is 4.98 Å². The smallest absolute Gasteiger partial charge is 0.262 e. The Bertz CT molecular complexity index is 1000. The molecule has 124 valence electrons. The molecule has 2 aromatic heterocycles. The van der Waals surface area contributed by atoms with Crippen molar-refractivity contribution in [2.75, 3.05) is 5.32 Å². The summed E-state index contributed by atoms with van der Waals surface area (Å²) in [5.74, 6) is 0.312. The lowest BCUT2D eigenvalue weighted by atomic mass is 10.1. The Labute approximate surface area is 144 Å². The van der Waals surface area contributed by atoms with E-state index < -0.39 is 0 Å². The lowest BCUT2D eigenvalue weighted by molar-refractivity contribution is -0.116. The molecule has 0 aliphatic rings. The molecule has 0 radical (unpaired) electrons. The third kappa shape index (κ3) is 3.10. The van der Waals surface area contributed by atoms with E-state index in [1.54, 1.807) is 6.92 Å². The predicted molar refractivity (Wildman–Crippen MR) is 97.9 cm³/mol. The highest BCUT2D eigenvalue weighted by Gasteiger charge is 2.14. The molecule has 3 rings (SSSR count). The van der Waals surface area contributed by atoms with Crippen molar-refractivity contribution in [2.45, 2.75) is 34.2 Å². The van der Waals surface area contributed by atoms with E-state index in [0.29, 0.717) is 11.2 Å². The van der Waals surface area contributed by atoms with Crippen LogP contribution in [0.3, 0.4) is 0 Å². The second kappa shape index (κ2) is 6.20. The van der Waals surface area contributed by atoms with Crippen molar-refractivity contribution in [2.24, 2.45) is 0 Å². The van der Waals surface area contributed by atoms with Crippen LogP contribution in [0.2, 0.25) is 0 Å². The Morgan fingerprint density at radius 1 is 1.21 bits per heavy atom. The number of aromatic nitrogens is 2. The van der Waals surface area contributed by atoms with Gasteiger partial charge >= 0.3 is 0 Å². The second-order valence-corrected chi connectivity index (χ2v) is 7.23. The molecule has 2 heterocycles. The van der Waals surface area contributed by atoms with Gasteiger partial charge in [-0.2, -0.15) is 0 Å². The summed E-state index contributed by atoms with van der Waals surface area (Å²) in [6.07, 6.45) is 0. The Balaban J connectivity index is 1.90. The number of amides is 1. The number of hydrogen-bond acceptors (Lipinski definition) is 4. The summed E-state index contributed by atoms with van der Waals surface area (Å²) in [4.78, 5) is 31.2. The number of benzene rings is 1. The molecular formula is C18H19N3O2S. The third-order valence-corrected chi connectivity index (χ3v) is 4.88. The standard InChI is InChI=1S/C18H19N3O2S/c1-10-5-6-11(2)15(7-10)20-16(22)9-21-13(4)19-17-14(18(21)23)8-12(3)24-17/h5-8H,9H2,1-4H3,(H,20,22). The number of carbonyl (C=O) groups is 1. The van der Waals surface area contributed by atoms with Gasteiger partial charge in [0.1, 0.15) is 17.2 Å². The molecule has 0 unspecified atom stereocenters. The first kappa shape index (κ1) is 16.4. The molecule has 0 saturated carbocycles. The van der Waals surface area contributed by atoms with Crippen LogP contribution in [0.5, 0.6) is 0 Å². The summed E-state index contributed by atoms with van der Waals surface area (Å²) < 4.78 is 1.43. The second-order valence-electron chi connectivity index (χ2n) is 5.99. The summed E-state index contributed by atoms with van der Waals surface area (Å²) in [7, 11) is 0. The molecule has 1 amide bonds. The Hall–Kier alpha value is -2.47. The van der Waals surface area contributed by atoms with Crippen molar-refractivity contribution < 1.29 is 4.79 Å². The molecule has 0 aliphatic carbocycles. The van der Waals surface area contributed by atoms with Crippen molar-refractivity contribution in [1.82, 2.24) is 9.55 Å². The van der Waals surface area contributed by atoms with Crippen LogP contribution >= 0.6 is 11.3 Å². The minimum atomic E-state index is -0.234. The van der Waals surface area contributed by atoms with Crippen molar-refractivity contribution in [3.8, 4) is 0 Å². The molecule has 6 heteroatoms. The van der Waals surface area contributed by atoms with Crippen LogP contribution in [-0.2, 0) is 11.3 Å². The zero-order valence-electron chi connectivity index (χ0n) is 14.1. The zero-order chi connectivity index (χ0) is 17.4. The predicted octanol–water partition coefficient (Wildman–Crippen LogP) is 3.33. The van der Waals surface area contributed by atoms with Crippen molar-refractivity contribution in [1.29, 1.82) is 0 Å². The number of anilines is 1. The fraction of sp³-hybridized carbons (Fsp3) is 0.278. The average molecular weight is 341 g/mol. The fourth-order valence-corrected chi connectivity index (χ4v) is 3.54. The summed E-state index contributed by atoms with van der Waals surface area (Å²) in [6.45, 7) is 7.56. The van der Waals surface area contributed by atoms with E-state index in [0.717, 1.165) is 26.5 Å². The molecule has 0 fully saturated rings. The van der Waals surface area contributed by atoms with Gasteiger partial charge in [-0.15, -0.1) is 11.3 Å². The van der Waals surface area contributed by atoms with Crippen LogP contribution in [0.4, 0.5) is 5.69 Å². The van der Waals surface area contributed by atoms with Crippen LogP contribution in [0.25, 0.3) is 10.2 Å². The van der Waals surface area contributed by atoms with Crippen LogP contribution in [0, 0.1) is 27.7 Å². The quantitative estimate of drug-likeness (QED) is 0.795. The molecular weight excluding hydrogens is 322 g/mol. The van der Waals surface area contributed by atoms with Crippen LogP contribution in [-0.4, -0.2) is 15.5 Å². The normalized spacial score (nSPS) is 11.0. The van der Waals surface area contributed by atoms with Gasteiger partial charge in [0, 0.05) is 10.6 Å². The number of rotatable bonds is 3. The van der Waals surface area contributed by atoms with Crippen molar-refractivity contribution in [3.63, 3.8) is 0 Å². The van der Waals surface area contributed by atoms with Gasteiger partial charge in [0.15, 0.2) is 0 Å². The molecule has 1 N–H and O–H groups in total. The first-order valence-corrected chi connectivity index (χ1v) is 8.51. The molecule has 3 aromatic rings. The van der Waals surface area contributed by atoms with Gasteiger partial charge in [-0.1, -0.05) is 12.1 Å². The van der Waals surface area contributed by atoms with E-state index in [2.05, 4.69) is 10.3 Å². The van der Waals surface area contributed by atoms with Gasteiger partial charge in [0.25, 0.3) is 5.56 Å². The molecule has 24 heavy (non-hydrogen) atoms. The highest BCUT2D eigenvalue weighted by molar-refractivity contribution is 7.18. The highest BCUT2D eigenvalue weighted by Crippen LogP contribution is 2.20. The van der Waals surface area contributed by atoms with Gasteiger partial charge in [0.05, 0.1) is 5.39 Å². The number of nitrogens with one attached hydrogen (secondary N) is 1. The number of carbonyl (C=O) groups excluding carboxylic acids is 1. The number of fused-ring (bicyclic) bond motifs is 1. The monoisotopic (exact) mass is 341 g/mol. The molecule has 1 aromatic carbocycles. The van der Waals surface area contributed by atoms with E-state index in [9.17, 15) is 9.59 Å². The lowest BCUT2D eigenvalue weighted by Gasteiger charge is -2.12. The minimum absolute atomic E-state index is 0.0458. The van der Waals surface area contributed by atoms with Crippen LogP contribution in [0.15, 0.2) is 29.1 Å². The summed E-state index contributed by atoms with van der Waals surface area (Å²) in [5, 5.41) is 3.46. The van der Waals surface area contributed by atoms with Crippen LogP contribution < -0.4 is 10.9 Å². The SMILES string of the molecule is Cc1ccc(C)c(NC(=O)Cn2c(C)nc3sc(C)cc3c2=O)c1. The number of thiophene rings is 1. The maximum atomic E-state index is 12.6. The Kier molecular flexibility index (Phi) is 4.24. The van der Waals surface area contributed by atoms with E-state index in [1.807, 2.05) is 45.0 Å². The molecule has 0 aliphatic heterocycles.